The second-order valence-electron chi connectivity index (χ2n) is 6.06. The molecule has 124 valence electrons. The summed E-state index contributed by atoms with van der Waals surface area (Å²) in [6, 6.07) is 4.56. The minimum atomic E-state index is -0.982. The van der Waals surface area contributed by atoms with Crippen LogP contribution in [-0.4, -0.2) is 47.7 Å². The Balaban J connectivity index is 1.72. The highest BCUT2D eigenvalue weighted by Crippen LogP contribution is 2.50. The molecular weight excluding hydrogens is 341 g/mol. The molecule has 1 aromatic carbocycles. The predicted octanol–water partition coefficient (Wildman–Crippen LogP) is 2.80. The van der Waals surface area contributed by atoms with Crippen LogP contribution in [0.2, 0.25) is 10.0 Å². The lowest BCUT2D eigenvalue weighted by Crippen LogP contribution is -2.41. The highest BCUT2D eigenvalue weighted by molar-refractivity contribution is 6.42. The molecule has 2 aliphatic rings. The highest BCUT2D eigenvalue weighted by Gasteiger charge is 2.50. The number of amides is 1. The lowest BCUT2D eigenvalue weighted by atomic mass is 10.1. The molecule has 4 unspecified atom stereocenters. The van der Waals surface area contributed by atoms with Crippen molar-refractivity contribution in [2.75, 3.05) is 13.7 Å². The van der Waals surface area contributed by atoms with Crippen molar-refractivity contribution in [3.05, 3.63) is 33.8 Å². The first kappa shape index (κ1) is 16.6. The number of hydrogen-bond acceptors (Lipinski definition) is 3. The van der Waals surface area contributed by atoms with Gasteiger partial charge in [-0.15, -0.1) is 0 Å². The number of carboxylic acids is 1. The standard InChI is InChI=1S/C16H17Cl2NO4/c1-23-9-5-14(16(21)22)19(7-9)15(20)11-6-10(11)8-2-3-12(17)13(18)4-8/h2-4,9-11,14H,5-7H2,1H3,(H,21,22). The second kappa shape index (κ2) is 6.30. The smallest absolute Gasteiger partial charge is 0.326 e. The fourth-order valence-corrected chi connectivity index (χ4v) is 3.54. The molecule has 5 nitrogen and oxygen atoms in total. The van der Waals surface area contributed by atoms with Gasteiger partial charge in [0.05, 0.1) is 16.1 Å². The fourth-order valence-electron chi connectivity index (χ4n) is 3.24. The Hall–Kier alpha value is -1.30. The van der Waals surface area contributed by atoms with Gasteiger partial charge in [0.1, 0.15) is 6.04 Å². The molecule has 1 aromatic rings. The van der Waals surface area contributed by atoms with Crippen molar-refractivity contribution in [1.29, 1.82) is 0 Å². The number of methoxy groups -OCH3 is 1. The Bertz CT molecular complexity index is 651. The van der Waals surface area contributed by atoms with Crippen molar-refractivity contribution in [3.8, 4) is 0 Å². The van der Waals surface area contributed by atoms with Crippen LogP contribution in [0.3, 0.4) is 0 Å². The van der Waals surface area contributed by atoms with E-state index in [0.717, 1.165) is 5.56 Å². The van der Waals surface area contributed by atoms with Crippen LogP contribution in [0.1, 0.15) is 24.3 Å². The van der Waals surface area contributed by atoms with E-state index >= 15 is 0 Å². The first-order chi connectivity index (χ1) is 10.9. The number of halogens is 2. The number of carbonyl (C=O) groups is 2. The number of carbonyl (C=O) groups excluding carboxylic acids is 1. The summed E-state index contributed by atoms with van der Waals surface area (Å²) >= 11 is 11.9. The quantitative estimate of drug-likeness (QED) is 0.899. The fraction of sp³-hybridized carbons (Fsp3) is 0.500. The van der Waals surface area contributed by atoms with Crippen molar-refractivity contribution >= 4 is 35.1 Å². The first-order valence-corrected chi connectivity index (χ1v) is 8.19. The maximum Gasteiger partial charge on any atom is 0.326 e. The van der Waals surface area contributed by atoms with Gasteiger partial charge in [0.15, 0.2) is 0 Å². The lowest BCUT2D eigenvalue weighted by molar-refractivity contribution is -0.148. The van der Waals surface area contributed by atoms with Gasteiger partial charge in [0.25, 0.3) is 0 Å². The molecule has 1 N–H and O–H groups in total. The minimum Gasteiger partial charge on any atom is -0.480 e. The molecule has 0 radical (unpaired) electrons. The molecule has 1 saturated heterocycles. The number of nitrogens with zero attached hydrogens (tertiary/aromatic N) is 1. The van der Waals surface area contributed by atoms with Crippen LogP contribution in [0.4, 0.5) is 0 Å². The van der Waals surface area contributed by atoms with E-state index in [2.05, 4.69) is 0 Å². The van der Waals surface area contributed by atoms with Gasteiger partial charge in [0.2, 0.25) is 5.91 Å². The first-order valence-electron chi connectivity index (χ1n) is 7.43. The molecule has 1 amide bonds. The van der Waals surface area contributed by atoms with Gasteiger partial charge in [0, 0.05) is 26.0 Å². The van der Waals surface area contributed by atoms with Gasteiger partial charge < -0.3 is 14.7 Å². The highest BCUT2D eigenvalue weighted by atomic mass is 35.5. The molecule has 4 atom stereocenters. The maximum absolute atomic E-state index is 12.7. The van der Waals surface area contributed by atoms with Gasteiger partial charge in [-0.3, -0.25) is 4.79 Å². The third-order valence-corrected chi connectivity index (χ3v) is 5.38. The Kier molecular flexibility index (Phi) is 4.54. The Morgan fingerprint density at radius 2 is 2.00 bits per heavy atom. The molecule has 0 spiro atoms. The normalized spacial score (nSPS) is 29.6. The summed E-state index contributed by atoms with van der Waals surface area (Å²) in [4.78, 5) is 25.5. The molecule has 23 heavy (non-hydrogen) atoms. The predicted molar refractivity (Wildman–Crippen MR) is 85.9 cm³/mol. The molecular formula is C16H17Cl2NO4. The second-order valence-corrected chi connectivity index (χ2v) is 6.87. The molecule has 1 heterocycles. The van der Waals surface area contributed by atoms with E-state index in [1.165, 1.54) is 12.0 Å². The number of aliphatic carboxylic acids is 1. The minimum absolute atomic E-state index is 0.0771. The average molecular weight is 358 g/mol. The molecule has 1 saturated carbocycles. The van der Waals surface area contributed by atoms with E-state index in [9.17, 15) is 14.7 Å². The SMILES string of the molecule is COC1CC(C(=O)O)N(C(=O)C2CC2c2ccc(Cl)c(Cl)c2)C1. The van der Waals surface area contributed by atoms with Gasteiger partial charge in [-0.05, 0) is 30.0 Å². The van der Waals surface area contributed by atoms with E-state index in [0.29, 0.717) is 29.4 Å². The van der Waals surface area contributed by atoms with Gasteiger partial charge in [-0.2, -0.15) is 0 Å². The summed E-state index contributed by atoms with van der Waals surface area (Å²) < 4.78 is 5.22. The molecule has 0 bridgehead atoms. The van der Waals surface area contributed by atoms with E-state index in [-0.39, 0.29) is 23.8 Å². The number of carboxylic acid groups (broad SMARTS) is 1. The molecule has 1 aliphatic carbocycles. The zero-order chi connectivity index (χ0) is 16.7. The van der Waals surface area contributed by atoms with Crippen LogP contribution in [0.5, 0.6) is 0 Å². The number of hydrogen-bond donors (Lipinski definition) is 1. The zero-order valence-corrected chi connectivity index (χ0v) is 14.0. The van der Waals surface area contributed by atoms with Crippen molar-refractivity contribution < 1.29 is 19.4 Å². The lowest BCUT2D eigenvalue weighted by Gasteiger charge is -2.21. The monoisotopic (exact) mass is 357 g/mol. The van der Waals surface area contributed by atoms with Gasteiger partial charge >= 0.3 is 5.97 Å². The zero-order valence-electron chi connectivity index (χ0n) is 12.5. The van der Waals surface area contributed by atoms with E-state index in [4.69, 9.17) is 27.9 Å². The topological polar surface area (TPSA) is 66.8 Å². The maximum atomic E-state index is 12.7. The van der Waals surface area contributed by atoms with Crippen molar-refractivity contribution in [3.63, 3.8) is 0 Å². The third kappa shape index (κ3) is 3.18. The van der Waals surface area contributed by atoms with Crippen molar-refractivity contribution in [2.24, 2.45) is 5.92 Å². The number of benzene rings is 1. The van der Waals surface area contributed by atoms with E-state index < -0.39 is 12.0 Å². The van der Waals surface area contributed by atoms with Gasteiger partial charge in [-0.1, -0.05) is 29.3 Å². The van der Waals surface area contributed by atoms with Crippen LogP contribution < -0.4 is 0 Å². The Morgan fingerprint density at radius 3 is 2.61 bits per heavy atom. The average Bonchev–Trinajstić information content (AvgIpc) is 3.19. The molecule has 3 rings (SSSR count). The number of likely N-dealkylation sites (tertiary alicyclic amines) is 1. The summed E-state index contributed by atoms with van der Waals surface area (Å²) in [5, 5.41) is 10.3. The summed E-state index contributed by atoms with van der Waals surface area (Å²) in [6.45, 7) is 0.330. The summed E-state index contributed by atoms with van der Waals surface area (Å²) in [5.41, 5.74) is 0.965. The summed E-state index contributed by atoms with van der Waals surface area (Å²) in [5.74, 6) is -1.21. The van der Waals surface area contributed by atoms with Crippen LogP contribution in [0.15, 0.2) is 18.2 Å². The van der Waals surface area contributed by atoms with Crippen molar-refractivity contribution in [1.82, 2.24) is 4.90 Å². The van der Waals surface area contributed by atoms with Gasteiger partial charge in [-0.25, -0.2) is 4.79 Å². The molecule has 7 heteroatoms. The van der Waals surface area contributed by atoms with Crippen molar-refractivity contribution in [2.45, 2.75) is 30.9 Å². The number of ether oxygens (including phenoxy) is 1. The van der Waals surface area contributed by atoms with Crippen LogP contribution in [0.25, 0.3) is 0 Å². The Morgan fingerprint density at radius 1 is 1.26 bits per heavy atom. The Labute approximate surface area is 144 Å². The summed E-state index contributed by atoms with van der Waals surface area (Å²) in [7, 11) is 1.53. The number of rotatable bonds is 4. The largest absolute Gasteiger partial charge is 0.480 e. The molecule has 2 fully saturated rings. The molecule has 0 aromatic heterocycles. The van der Waals surface area contributed by atoms with Crippen LogP contribution in [-0.2, 0) is 14.3 Å². The third-order valence-electron chi connectivity index (χ3n) is 4.64. The summed E-state index contributed by atoms with van der Waals surface area (Å²) in [6.07, 6.45) is 0.821. The van der Waals surface area contributed by atoms with E-state index in [1.54, 1.807) is 12.1 Å². The van der Waals surface area contributed by atoms with Crippen LogP contribution in [0, 0.1) is 5.92 Å². The van der Waals surface area contributed by atoms with E-state index in [1.807, 2.05) is 6.07 Å². The molecule has 1 aliphatic heterocycles. The van der Waals surface area contributed by atoms with Crippen LogP contribution >= 0.6 is 23.2 Å².